The molecule has 0 aromatic rings. The van der Waals surface area contributed by atoms with Crippen LogP contribution in [0, 0.1) is 35.5 Å². The lowest BCUT2D eigenvalue weighted by molar-refractivity contribution is -0.144. The first kappa shape index (κ1) is 73.4. The Bertz CT molecular complexity index is 2100. The van der Waals surface area contributed by atoms with E-state index in [9.17, 15) is 88.2 Å². The van der Waals surface area contributed by atoms with Gasteiger partial charge < -0.3 is 89.5 Å². The zero-order valence-corrected chi connectivity index (χ0v) is 48.0. The SMILES string of the molecule is CC[C@H](C)[C@H](NC(=O)[C@H](CCC(=O)O)NC(=O)[C@@H](NC(=O)[C@@H](NC(=O)[C@H](CO)NC(=O)[C@@H](N)CO)[C@@H](C)CC)[C@@H](C)CC)C(=O)N[C@H](C(=O)N[C@@H](CO)C(=O)N[C@@H](CO)C(=O)N[C@H](C(=O)N[C@H](C(=O)O)C(C)C)C(C)C)[C@@H](C)CC. The molecule has 0 aliphatic heterocycles. The maximum absolute atomic E-state index is 14.2. The largest absolute Gasteiger partial charge is 0.481 e. The highest BCUT2D eigenvalue weighted by atomic mass is 16.4. The molecule has 0 unspecified atom stereocenters. The number of hydrogen-bond acceptors (Lipinski definition) is 17. The van der Waals surface area contributed by atoms with E-state index in [4.69, 9.17) is 5.73 Å². The molecule has 0 heterocycles. The Labute approximate surface area is 467 Å². The molecule has 0 aromatic carbocycles. The molecule has 458 valence electrons. The van der Waals surface area contributed by atoms with Crippen molar-refractivity contribution in [3.8, 4) is 0 Å². The van der Waals surface area contributed by atoms with Crippen LogP contribution in [0.4, 0.5) is 0 Å². The fourth-order valence-corrected chi connectivity index (χ4v) is 7.62. The van der Waals surface area contributed by atoms with Crippen LogP contribution in [0.3, 0.4) is 0 Å². The van der Waals surface area contributed by atoms with Gasteiger partial charge in [0.2, 0.25) is 59.1 Å². The molecule has 0 aliphatic rings. The van der Waals surface area contributed by atoms with Crippen molar-refractivity contribution < 1.29 is 88.2 Å². The van der Waals surface area contributed by atoms with Gasteiger partial charge in [0.15, 0.2) is 0 Å². The first-order valence-corrected chi connectivity index (χ1v) is 27.0. The molecule has 10 amide bonds. The Hall–Kier alpha value is -6.56. The molecule has 0 saturated heterocycles. The smallest absolute Gasteiger partial charge is 0.326 e. The summed E-state index contributed by atoms with van der Waals surface area (Å²) >= 11 is 0. The molecular formula is C51H91N11O18. The van der Waals surface area contributed by atoms with Gasteiger partial charge in [-0.2, -0.15) is 0 Å². The van der Waals surface area contributed by atoms with E-state index in [0.29, 0.717) is 6.42 Å². The van der Waals surface area contributed by atoms with Crippen LogP contribution < -0.4 is 58.9 Å². The van der Waals surface area contributed by atoms with Crippen LogP contribution in [0.1, 0.15) is 122 Å². The van der Waals surface area contributed by atoms with Crippen molar-refractivity contribution in [3.05, 3.63) is 0 Å². The summed E-state index contributed by atoms with van der Waals surface area (Å²) in [5, 5.41) is 82.8. The summed E-state index contributed by atoms with van der Waals surface area (Å²) in [6.45, 7) is 15.6. The number of hydrogen-bond donors (Lipinski definition) is 17. The second kappa shape index (κ2) is 36.6. The van der Waals surface area contributed by atoms with Gasteiger partial charge in [-0.3, -0.25) is 52.7 Å². The monoisotopic (exact) mass is 1150 g/mol. The van der Waals surface area contributed by atoms with Crippen LogP contribution in [0.15, 0.2) is 0 Å². The number of carbonyl (C=O) groups is 12. The second-order valence-corrected chi connectivity index (χ2v) is 20.8. The highest BCUT2D eigenvalue weighted by Gasteiger charge is 2.39. The standard InChI is InChI=1S/C51H91N11O18/c1-13-25(9)37(61-50(78)40(28(12)16-4)60-45(73)32(21-65)54-41(69)29(52)19-63)47(75)53-30(17-18-34(67)68)42(70)59-39(27(11)15-3)49(77)62-38(26(10)14-2)48(76)56-31(20-64)43(71)55-33(22-66)44(72)57-35(23(5)6)46(74)58-36(24(7)8)51(79)80/h23-33,35-40,63-66H,13-22,52H2,1-12H3,(H,53,75)(H,54,69)(H,55,71)(H,56,76)(H,57,72)(H,58,74)(H,59,70)(H,60,73)(H,61,78)(H,62,77)(H,67,68)(H,79,80)/t25-,26-,27-,28-,29-,30-,31-,32-,33-,35-,36-,37-,38-,39-,40-/m0/s1. The van der Waals surface area contributed by atoms with Crippen LogP contribution >= 0.6 is 0 Å². The van der Waals surface area contributed by atoms with Crippen molar-refractivity contribution in [2.24, 2.45) is 41.2 Å². The molecule has 0 bridgehead atoms. The van der Waals surface area contributed by atoms with Gasteiger partial charge in [-0.1, -0.05) is 109 Å². The average molecular weight is 1150 g/mol. The quantitative estimate of drug-likeness (QED) is 0.0277. The van der Waals surface area contributed by atoms with Gasteiger partial charge in [0.25, 0.3) is 0 Å². The van der Waals surface area contributed by atoms with E-state index in [0.717, 1.165) is 0 Å². The van der Waals surface area contributed by atoms with Crippen molar-refractivity contribution in [2.75, 3.05) is 26.4 Å². The number of aliphatic hydroxyl groups excluding tert-OH is 4. The van der Waals surface area contributed by atoms with Crippen molar-refractivity contribution >= 4 is 71.0 Å². The number of amides is 10. The summed E-state index contributed by atoms with van der Waals surface area (Å²) in [5.41, 5.74) is 5.52. The number of rotatable bonds is 38. The Morgan fingerprint density at radius 3 is 0.887 bits per heavy atom. The van der Waals surface area contributed by atoms with Gasteiger partial charge in [0.05, 0.1) is 26.4 Å². The molecular weight excluding hydrogens is 1050 g/mol. The maximum Gasteiger partial charge on any atom is 0.326 e. The topological polar surface area (TPSA) is 473 Å². The lowest BCUT2D eigenvalue weighted by Gasteiger charge is -2.32. The zero-order chi connectivity index (χ0) is 61.9. The predicted molar refractivity (Wildman–Crippen MR) is 288 cm³/mol. The zero-order valence-electron chi connectivity index (χ0n) is 48.0. The van der Waals surface area contributed by atoms with Gasteiger partial charge in [-0.25, -0.2) is 4.79 Å². The third kappa shape index (κ3) is 23.6. The predicted octanol–water partition coefficient (Wildman–Crippen LogP) is -4.42. The van der Waals surface area contributed by atoms with E-state index in [2.05, 4.69) is 53.2 Å². The van der Waals surface area contributed by atoms with Crippen molar-refractivity contribution in [3.63, 3.8) is 0 Å². The molecule has 0 radical (unpaired) electrons. The lowest BCUT2D eigenvalue weighted by Crippen LogP contribution is -2.63. The number of aliphatic carboxylic acids is 2. The molecule has 0 aliphatic carbocycles. The van der Waals surface area contributed by atoms with E-state index >= 15 is 0 Å². The Balaban J connectivity index is 6.68. The Morgan fingerprint density at radius 1 is 0.338 bits per heavy atom. The van der Waals surface area contributed by atoms with Gasteiger partial charge >= 0.3 is 11.9 Å². The van der Waals surface area contributed by atoms with Crippen LogP contribution in [0.5, 0.6) is 0 Å². The van der Waals surface area contributed by atoms with Crippen LogP contribution in [0.2, 0.25) is 0 Å². The molecule has 29 heteroatoms. The third-order valence-corrected chi connectivity index (χ3v) is 13.9. The maximum atomic E-state index is 14.2. The van der Waals surface area contributed by atoms with E-state index in [1.165, 1.54) is 0 Å². The number of carboxylic acids is 2. The normalized spacial score (nSPS) is 17.0. The van der Waals surface area contributed by atoms with Crippen molar-refractivity contribution in [1.29, 1.82) is 0 Å². The molecule has 0 spiro atoms. The van der Waals surface area contributed by atoms with E-state index in [-0.39, 0.29) is 19.3 Å². The molecule has 18 N–H and O–H groups in total. The summed E-state index contributed by atoms with van der Waals surface area (Å²) in [6, 6.07) is -16.5. The minimum atomic E-state index is -1.79. The summed E-state index contributed by atoms with van der Waals surface area (Å²) in [4.78, 5) is 159. The fraction of sp³-hybridized carbons (Fsp3) is 0.765. The molecule has 15 atom stereocenters. The lowest BCUT2D eigenvalue weighted by atomic mass is 9.93. The summed E-state index contributed by atoms with van der Waals surface area (Å²) < 4.78 is 0. The van der Waals surface area contributed by atoms with Crippen LogP contribution in [-0.2, 0) is 57.5 Å². The summed E-state index contributed by atoms with van der Waals surface area (Å²) in [6.07, 6.45) is -0.0821. The minimum Gasteiger partial charge on any atom is -0.481 e. The van der Waals surface area contributed by atoms with Gasteiger partial charge in [-0.15, -0.1) is 0 Å². The highest BCUT2D eigenvalue weighted by molar-refractivity contribution is 5.99. The summed E-state index contributed by atoms with van der Waals surface area (Å²) in [7, 11) is 0. The van der Waals surface area contributed by atoms with E-state index in [1.807, 2.05) is 0 Å². The van der Waals surface area contributed by atoms with Crippen molar-refractivity contribution in [2.45, 2.75) is 188 Å². The average Bonchev–Trinajstić information content (AvgIpc) is 3.41. The molecule has 0 aromatic heterocycles. The Morgan fingerprint density at radius 2 is 0.588 bits per heavy atom. The summed E-state index contributed by atoms with van der Waals surface area (Å²) in [5.74, 6) is -16.2. The number of nitrogens with two attached hydrogens (primary N) is 1. The molecule has 0 fully saturated rings. The molecule has 0 rings (SSSR count). The first-order chi connectivity index (χ1) is 37.4. The highest BCUT2D eigenvalue weighted by Crippen LogP contribution is 2.16. The van der Waals surface area contributed by atoms with Gasteiger partial charge in [0.1, 0.15) is 66.5 Å². The van der Waals surface area contributed by atoms with Gasteiger partial charge in [0, 0.05) is 6.42 Å². The van der Waals surface area contributed by atoms with Crippen LogP contribution in [0.25, 0.3) is 0 Å². The fourth-order valence-electron chi connectivity index (χ4n) is 7.62. The molecule has 0 saturated carbocycles. The second-order valence-electron chi connectivity index (χ2n) is 20.8. The molecule has 29 nitrogen and oxygen atoms in total. The minimum absolute atomic E-state index is 0.248. The van der Waals surface area contributed by atoms with E-state index in [1.54, 1.807) is 83.1 Å². The number of carboxylic acid groups (broad SMARTS) is 2. The van der Waals surface area contributed by atoms with Crippen LogP contribution in [-0.4, -0.2) is 195 Å². The molecule has 80 heavy (non-hydrogen) atoms. The third-order valence-electron chi connectivity index (χ3n) is 13.9. The number of nitrogens with one attached hydrogen (secondary N) is 10. The first-order valence-electron chi connectivity index (χ1n) is 27.0. The van der Waals surface area contributed by atoms with E-state index < -0.39 is 212 Å². The van der Waals surface area contributed by atoms with Crippen molar-refractivity contribution in [1.82, 2.24) is 53.2 Å². The van der Waals surface area contributed by atoms with Gasteiger partial charge in [-0.05, 0) is 41.9 Å². The number of aliphatic hydroxyl groups is 4. The number of carbonyl (C=O) groups excluding carboxylic acids is 10. The Kier molecular flexibility index (Phi) is 33.6.